The molecule has 1 aliphatic carbocycles. The number of aryl methyl sites for hydroxylation is 1. The van der Waals surface area contributed by atoms with Crippen LogP contribution in [0.25, 0.3) is 0 Å². The minimum absolute atomic E-state index is 0.593. The highest BCUT2D eigenvalue weighted by atomic mass is 15.2. The van der Waals surface area contributed by atoms with Gasteiger partial charge in [0.15, 0.2) is 0 Å². The van der Waals surface area contributed by atoms with Gasteiger partial charge in [-0.3, -0.25) is 4.99 Å². The Morgan fingerprint density at radius 3 is 2.26 bits per heavy atom. The van der Waals surface area contributed by atoms with Crippen LogP contribution in [-0.2, 0) is 6.42 Å². The Balaban J connectivity index is 0.000000250. The molecule has 2 aliphatic rings. The summed E-state index contributed by atoms with van der Waals surface area (Å²) in [6.07, 6.45) is 17.8. The maximum atomic E-state index is 7.55. The van der Waals surface area contributed by atoms with E-state index < -0.39 is 0 Å². The summed E-state index contributed by atoms with van der Waals surface area (Å²) in [5, 5.41) is 10.9. The minimum Gasteiger partial charge on any atom is -0.373 e. The van der Waals surface area contributed by atoms with E-state index in [1.807, 2.05) is 19.2 Å². The SMILES string of the molecule is C=C(CCCCCCCCCCC)N1CCNCC1.CN=C1/C(=C\C(C)=N)CCc2ccccc21. The molecule has 0 aromatic heterocycles. The van der Waals surface area contributed by atoms with E-state index in [9.17, 15) is 0 Å². The predicted octanol–water partition coefficient (Wildman–Crippen LogP) is 7.34. The highest BCUT2D eigenvalue weighted by Gasteiger charge is 2.18. The van der Waals surface area contributed by atoms with Gasteiger partial charge in [-0.25, -0.2) is 0 Å². The molecule has 1 aromatic carbocycles. The second-order valence-corrected chi connectivity index (χ2v) is 9.96. The average Bonchev–Trinajstić information content (AvgIpc) is 2.88. The topological polar surface area (TPSA) is 51.5 Å². The maximum Gasteiger partial charge on any atom is 0.0678 e. The molecular formula is C31H50N4. The summed E-state index contributed by atoms with van der Waals surface area (Å²) in [7, 11) is 1.82. The van der Waals surface area contributed by atoms with Crippen molar-refractivity contribution in [3.63, 3.8) is 0 Å². The first-order chi connectivity index (χ1) is 17.1. The lowest BCUT2D eigenvalue weighted by atomic mass is 9.85. The molecule has 35 heavy (non-hydrogen) atoms. The number of fused-ring (bicyclic) bond motifs is 1. The van der Waals surface area contributed by atoms with Crippen molar-refractivity contribution in [1.29, 1.82) is 5.41 Å². The summed E-state index contributed by atoms with van der Waals surface area (Å²) in [5.74, 6) is 0. The molecule has 1 heterocycles. The van der Waals surface area contributed by atoms with Crippen LogP contribution in [-0.4, -0.2) is 49.5 Å². The van der Waals surface area contributed by atoms with E-state index in [4.69, 9.17) is 5.41 Å². The Kier molecular flexibility index (Phi) is 14.3. The smallest absolute Gasteiger partial charge is 0.0678 e. The van der Waals surface area contributed by atoms with Crippen molar-refractivity contribution >= 4 is 11.4 Å². The minimum atomic E-state index is 0.593. The lowest BCUT2D eigenvalue weighted by Gasteiger charge is -2.31. The van der Waals surface area contributed by atoms with E-state index in [0.29, 0.717) is 5.71 Å². The summed E-state index contributed by atoms with van der Waals surface area (Å²) >= 11 is 0. The summed E-state index contributed by atoms with van der Waals surface area (Å²) in [6.45, 7) is 12.9. The first-order valence-electron chi connectivity index (χ1n) is 14.0. The third kappa shape index (κ3) is 10.9. The third-order valence-electron chi connectivity index (χ3n) is 6.99. The van der Waals surface area contributed by atoms with Gasteiger partial charge in [0.25, 0.3) is 0 Å². The van der Waals surface area contributed by atoms with Gasteiger partial charge in [-0.1, -0.05) is 89.1 Å². The van der Waals surface area contributed by atoms with Crippen LogP contribution >= 0.6 is 0 Å². The molecule has 0 radical (unpaired) electrons. The van der Waals surface area contributed by atoms with E-state index >= 15 is 0 Å². The van der Waals surface area contributed by atoms with Crippen LogP contribution < -0.4 is 5.32 Å². The van der Waals surface area contributed by atoms with Crippen molar-refractivity contribution in [2.24, 2.45) is 4.99 Å². The van der Waals surface area contributed by atoms with Crippen LogP contribution in [0.1, 0.15) is 95.6 Å². The molecule has 0 amide bonds. The second-order valence-electron chi connectivity index (χ2n) is 9.96. The fourth-order valence-corrected chi connectivity index (χ4v) is 4.97. The van der Waals surface area contributed by atoms with Crippen molar-refractivity contribution in [2.75, 3.05) is 33.2 Å². The van der Waals surface area contributed by atoms with E-state index in [-0.39, 0.29) is 0 Å². The Morgan fingerprint density at radius 1 is 1.00 bits per heavy atom. The standard InChI is InChI=1S/C17H34N2.C14H16N2/c1-3-4-5-6-7-8-9-10-11-12-17(2)19-15-13-18-14-16-19;1-10(15)9-12-8-7-11-5-3-4-6-13(11)14(12)16-2/h18H,2-16H2,1H3;3-6,9,15H,7-8H2,1-2H3/b;12-9-,15-10?,16-14?. The predicted molar refractivity (Wildman–Crippen MR) is 154 cm³/mol. The number of aliphatic imine (C=N–C) groups is 1. The summed E-state index contributed by atoms with van der Waals surface area (Å²) in [4.78, 5) is 6.83. The van der Waals surface area contributed by atoms with Gasteiger partial charge in [0, 0.05) is 50.2 Å². The molecule has 1 saturated heterocycles. The molecule has 4 heteroatoms. The molecule has 1 aliphatic heterocycles. The number of allylic oxidation sites excluding steroid dienone is 3. The van der Waals surface area contributed by atoms with Crippen LogP contribution in [0.3, 0.4) is 0 Å². The molecule has 2 N–H and O–H groups in total. The summed E-state index contributed by atoms with van der Waals surface area (Å²) in [5.41, 5.74) is 6.79. The number of nitrogens with one attached hydrogen (secondary N) is 2. The molecule has 0 unspecified atom stereocenters. The number of piperazine rings is 1. The largest absolute Gasteiger partial charge is 0.373 e. The molecule has 1 aromatic rings. The normalized spacial score (nSPS) is 17.6. The maximum absolute atomic E-state index is 7.55. The zero-order chi connectivity index (χ0) is 25.3. The van der Waals surface area contributed by atoms with Gasteiger partial charge in [-0.2, -0.15) is 0 Å². The fraction of sp³-hybridized carbons (Fsp3) is 0.613. The molecule has 0 bridgehead atoms. The Morgan fingerprint density at radius 2 is 1.63 bits per heavy atom. The first kappa shape index (κ1) is 29.0. The third-order valence-corrected chi connectivity index (χ3v) is 6.99. The van der Waals surface area contributed by atoms with Crippen molar-refractivity contribution in [3.05, 3.63) is 59.3 Å². The molecule has 194 valence electrons. The van der Waals surface area contributed by atoms with E-state index in [1.54, 1.807) is 6.92 Å². The van der Waals surface area contributed by atoms with Crippen LogP contribution in [0.4, 0.5) is 0 Å². The van der Waals surface area contributed by atoms with Gasteiger partial charge in [0.05, 0.1) is 5.71 Å². The molecular weight excluding hydrogens is 428 g/mol. The molecule has 0 saturated carbocycles. The number of nitrogens with zero attached hydrogens (tertiary/aromatic N) is 2. The van der Waals surface area contributed by atoms with Crippen LogP contribution in [0, 0.1) is 5.41 Å². The van der Waals surface area contributed by atoms with E-state index in [1.165, 1.54) is 86.6 Å². The highest BCUT2D eigenvalue weighted by Crippen LogP contribution is 2.25. The lowest BCUT2D eigenvalue weighted by Crippen LogP contribution is -2.42. The average molecular weight is 479 g/mol. The number of benzene rings is 1. The Hall–Kier alpha value is -2.20. The highest BCUT2D eigenvalue weighted by molar-refractivity contribution is 6.16. The van der Waals surface area contributed by atoms with E-state index in [0.717, 1.165) is 44.7 Å². The molecule has 3 rings (SSSR count). The van der Waals surface area contributed by atoms with Crippen LogP contribution in [0.2, 0.25) is 0 Å². The van der Waals surface area contributed by atoms with Crippen molar-refractivity contribution in [3.8, 4) is 0 Å². The van der Waals surface area contributed by atoms with Crippen molar-refractivity contribution in [1.82, 2.24) is 10.2 Å². The van der Waals surface area contributed by atoms with Crippen LogP contribution in [0.5, 0.6) is 0 Å². The molecule has 0 atom stereocenters. The van der Waals surface area contributed by atoms with Gasteiger partial charge >= 0.3 is 0 Å². The fourth-order valence-electron chi connectivity index (χ4n) is 4.97. The molecule has 4 nitrogen and oxygen atoms in total. The number of hydrogen-bond donors (Lipinski definition) is 2. The quantitative estimate of drug-likeness (QED) is 0.244. The van der Waals surface area contributed by atoms with Crippen molar-refractivity contribution in [2.45, 2.75) is 90.9 Å². The van der Waals surface area contributed by atoms with Gasteiger partial charge < -0.3 is 15.6 Å². The molecule has 1 fully saturated rings. The first-order valence-corrected chi connectivity index (χ1v) is 14.0. The zero-order valence-corrected chi connectivity index (χ0v) is 22.8. The van der Waals surface area contributed by atoms with Crippen LogP contribution in [0.15, 0.2) is 53.2 Å². The number of hydrogen-bond acceptors (Lipinski definition) is 4. The Bertz CT molecular complexity index is 830. The van der Waals surface area contributed by atoms with Gasteiger partial charge in [0.2, 0.25) is 0 Å². The Labute approximate surface area is 215 Å². The van der Waals surface area contributed by atoms with Gasteiger partial charge in [0.1, 0.15) is 0 Å². The monoisotopic (exact) mass is 478 g/mol. The van der Waals surface area contributed by atoms with Gasteiger partial charge in [-0.05, 0) is 49.8 Å². The summed E-state index contributed by atoms with van der Waals surface area (Å²) in [6, 6.07) is 8.39. The number of rotatable bonds is 12. The number of unbranched alkanes of at least 4 members (excludes halogenated alkanes) is 8. The van der Waals surface area contributed by atoms with Crippen molar-refractivity contribution < 1.29 is 0 Å². The summed E-state index contributed by atoms with van der Waals surface area (Å²) < 4.78 is 0. The van der Waals surface area contributed by atoms with E-state index in [2.05, 4.69) is 46.9 Å². The van der Waals surface area contributed by atoms with Gasteiger partial charge in [-0.15, -0.1) is 0 Å². The second kappa shape index (κ2) is 17.3. The zero-order valence-electron chi connectivity index (χ0n) is 22.8. The lowest BCUT2D eigenvalue weighted by molar-refractivity contribution is 0.289. The molecule has 0 spiro atoms.